The summed E-state index contributed by atoms with van der Waals surface area (Å²) in [5, 5.41) is 0.467. The zero-order valence-corrected chi connectivity index (χ0v) is 17.0. The number of carbonyl (C=O) groups is 1. The van der Waals surface area contributed by atoms with Crippen LogP contribution in [0.4, 0.5) is 5.69 Å². The zero-order valence-electron chi connectivity index (χ0n) is 16.2. The van der Waals surface area contributed by atoms with Crippen LogP contribution in [0.1, 0.15) is 41.8 Å². The molecule has 0 spiro atoms. The van der Waals surface area contributed by atoms with E-state index in [1.165, 1.54) is 7.11 Å². The molecule has 1 atom stereocenters. The first-order valence-electron chi connectivity index (χ1n) is 8.66. The normalized spacial score (nSPS) is 12.1. The van der Waals surface area contributed by atoms with Crippen molar-refractivity contribution in [3.05, 3.63) is 52.0 Å². The van der Waals surface area contributed by atoms with Crippen LogP contribution in [-0.4, -0.2) is 32.5 Å². The first kappa shape index (κ1) is 20.8. The quantitative estimate of drug-likeness (QED) is 0.471. The highest BCUT2D eigenvalue weighted by molar-refractivity contribution is 6.32. The summed E-state index contributed by atoms with van der Waals surface area (Å²) in [5.41, 5.74) is 2.89. The van der Waals surface area contributed by atoms with E-state index in [4.69, 9.17) is 25.8 Å². The summed E-state index contributed by atoms with van der Waals surface area (Å²) >= 11 is 6.38. The minimum Gasteiger partial charge on any atom is -0.493 e. The molecule has 6 heteroatoms. The minimum atomic E-state index is -0.373. The number of nitrogens with zero attached hydrogens (tertiary/aromatic N) is 1. The Morgan fingerprint density at radius 2 is 2.00 bits per heavy atom. The summed E-state index contributed by atoms with van der Waals surface area (Å²) in [7, 11) is 2.93. The monoisotopic (exact) mass is 389 g/mol. The highest BCUT2D eigenvalue weighted by atomic mass is 35.5. The maximum Gasteiger partial charge on any atom is 0.337 e. The van der Waals surface area contributed by atoms with E-state index >= 15 is 0 Å². The molecule has 0 N–H and O–H groups in total. The van der Waals surface area contributed by atoms with Gasteiger partial charge in [-0.3, -0.25) is 4.99 Å². The standard InChI is InChI=1S/C21H24ClNO4/c1-6-14(3)27-20-17(22)10-15(11-19(20)25-4)12-23-18-8-7-16(9-13(18)2)21(24)26-5/h7-12,14H,6H2,1-5H3/t14-/m1/s1. The molecular weight excluding hydrogens is 366 g/mol. The van der Waals surface area contributed by atoms with Crippen molar-refractivity contribution in [1.82, 2.24) is 0 Å². The van der Waals surface area contributed by atoms with Crippen LogP contribution in [0.25, 0.3) is 0 Å². The topological polar surface area (TPSA) is 57.1 Å². The fraction of sp³-hybridized carbons (Fsp3) is 0.333. The summed E-state index contributed by atoms with van der Waals surface area (Å²) in [4.78, 5) is 16.1. The number of aryl methyl sites for hydroxylation is 1. The van der Waals surface area contributed by atoms with Crippen LogP contribution in [0.2, 0.25) is 5.02 Å². The third kappa shape index (κ3) is 5.23. The molecular formula is C21H24ClNO4. The van der Waals surface area contributed by atoms with Crippen molar-refractivity contribution in [1.29, 1.82) is 0 Å². The molecule has 27 heavy (non-hydrogen) atoms. The van der Waals surface area contributed by atoms with Crippen LogP contribution >= 0.6 is 11.6 Å². The number of hydrogen-bond acceptors (Lipinski definition) is 5. The predicted octanol–water partition coefficient (Wildman–Crippen LogP) is 5.37. The van der Waals surface area contributed by atoms with Crippen LogP contribution in [0.3, 0.4) is 0 Å². The summed E-state index contributed by atoms with van der Waals surface area (Å²) in [6.07, 6.45) is 2.59. The van der Waals surface area contributed by atoms with Crippen LogP contribution < -0.4 is 9.47 Å². The fourth-order valence-electron chi connectivity index (χ4n) is 2.40. The molecule has 144 valence electrons. The predicted molar refractivity (Wildman–Crippen MR) is 108 cm³/mol. The van der Waals surface area contributed by atoms with Crippen molar-refractivity contribution in [3.63, 3.8) is 0 Å². The lowest BCUT2D eigenvalue weighted by Crippen LogP contribution is -2.11. The molecule has 0 bridgehead atoms. The Kier molecular flexibility index (Phi) is 7.25. The molecule has 0 aliphatic carbocycles. The smallest absolute Gasteiger partial charge is 0.337 e. The third-order valence-electron chi connectivity index (χ3n) is 4.12. The Balaban J connectivity index is 2.29. The van der Waals surface area contributed by atoms with E-state index in [1.807, 2.05) is 26.8 Å². The van der Waals surface area contributed by atoms with Crippen LogP contribution in [0.15, 0.2) is 35.3 Å². The molecule has 0 saturated carbocycles. The number of hydrogen-bond donors (Lipinski definition) is 0. The maximum absolute atomic E-state index is 11.6. The molecule has 2 aromatic rings. The second-order valence-corrected chi connectivity index (χ2v) is 6.53. The van der Waals surface area contributed by atoms with Gasteiger partial charge in [0.2, 0.25) is 0 Å². The maximum atomic E-state index is 11.6. The number of methoxy groups -OCH3 is 2. The van der Waals surface area contributed by atoms with Gasteiger partial charge >= 0.3 is 5.97 Å². The highest BCUT2D eigenvalue weighted by Crippen LogP contribution is 2.37. The Hall–Kier alpha value is -2.53. The lowest BCUT2D eigenvalue weighted by atomic mass is 10.1. The van der Waals surface area contributed by atoms with Crippen molar-refractivity contribution in [3.8, 4) is 11.5 Å². The van der Waals surface area contributed by atoms with E-state index in [0.717, 1.165) is 23.2 Å². The molecule has 2 aromatic carbocycles. The average molecular weight is 390 g/mol. The van der Waals surface area contributed by atoms with Gasteiger partial charge < -0.3 is 14.2 Å². The van der Waals surface area contributed by atoms with Crippen molar-refractivity contribution in [2.24, 2.45) is 4.99 Å². The molecule has 0 aromatic heterocycles. The largest absolute Gasteiger partial charge is 0.493 e. The van der Waals surface area contributed by atoms with E-state index in [0.29, 0.717) is 22.1 Å². The highest BCUT2D eigenvalue weighted by Gasteiger charge is 2.14. The SMILES string of the molecule is CC[C@@H](C)Oc1c(Cl)cc(C=Nc2ccc(C(=O)OC)cc2C)cc1OC. The van der Waals surface area contributed by atoms with Gasteiger partial charge in [-0.25, -0.2) is 4.79 Å². The number of carbonyl (C=O) groups excluding carboxylic acids is 1. The van der Waals surface area contributed by atoms with Crippen molar-refractivity contribution >= 4 is 29.5 Å². The number of esters is 1. The van der Waals surface area contributed by atoms with Gasteiger partial charge in [0.05, 0.1) is 36.6 Å². The first-order valence-corrected chi connectivity index (χ1v) is 9.04. The van der Waals surface area contributed by atoms with Crippen molar-refractivity contribution in [2.75, 3.05) is 14.2 Å². The number of ether oxygens (including phenoxy) is 3. The van der Waals surface area contributed by atoms with Gasteiger partial charge in [-0.1, -0.05) is 18.5 Å². The van der Waals surface area contributed by atoms with E-state index in [-0.39, 0.29) is 12.1 Å². The molecule has 0 aliphatic heterocycles. The summed E-state index contributed by atoms with van der Waals surface area (Å²) in [6.45, 7) is 5.90. The summed E-state index contributed by atoms with van der Waals surface area (Å²) < 4.78 is 16.0. The second kappa shape index (κ2) is 9.42. The van der Waals surface area contributed by atoms with Crippen LogP contribution in [0, 0.1) is 6.92 Å². The molecule has 2 rings (SSSR count). The van der Waals surface area contributed by atoms with Gasteiger partial charge in [0.1, 0.15) is 0 Å². The Labute approximate surface area is 164 Å². The van der Waals surface area contributed by atoms with Crippen LogP contribution in [-0.2, 0) is 4.74 Å². The summed E-state index contributed by atoms with van der Waals surface area (Å²) in [5.74, 6) is 0.716. The molecule has 0 saturated heterocycles. The van der Waals surface area contributed by atoms with Crippen molar-refractivity contribution in [2.45, 2.75) is 33.3 Å². The zero-order chi connectivity index (χ0) is 20.0. The van der Waals surface area contributed by atoms with E-state index in [2.05, 4.69) is 4.99 Å². The van der Waals surface area contributed by atoms with Gasteiger partial charge in [0, 0.05) is 6.21 Å². The molecule has 5 nitrogen and oxygen atoms in total. The molecule has 0 amide bonds. The van der Waals surface area contributed by atoms with Crippen LogP contribution in [0.5, 0.6) is 11.5 Å². The fourth-order valence-corrected chi connectivity index (χ4v) is 2.67. The number of halogens is 1. The Morgan fingerprint density at radius 1 is 1.26 bits per heavy atom. The summed E-state index contributed by atoms with van der Waals surface area (Å²) in [6, 6.07) is 8.81. The molecule has 0 radical (unpaired) electrons. The van der Waals surface area contributed by atoms with Gasteiger partial charge in [0.25, 0.3) is 0 Å². The third-order valence-corrected chi connectivity index (χ3v) is 4.40. The van der Waals surface area contributed by atoms with Gasteiger partial charge in [-0.05, 0) is 61.7 Å². The molecule has 0 fully saturated rings. The van der Waals surface area contributed by atoms with Gasteiger partial charge in [-0.15, -0.1) is 0 Å². The lowest BCUT2D eigenvalue weighted by Gasteiger charge is -2.17. The van der Waals surface area contributed by atoms with Crippen molar-refractivity contribution < 1.29 is 19.0 Å². The van der Waals surface area contributed by atoms with Gasteiger partial charge in [0.15, 0.2) is 11.5 Å². The Bertz CT molecular complexity index is 848. The lowest BCUT2D eigenvalue weighted by molar-refractivity contribution is 0.0600. The number of benzene rings is 2. The number of rotatable bonds is 7. The molecule has 0 heterocycles. The average Bonchev–Trinajstić information content (AvgIpc) is 2.67. The Morgan fingerprint density at radius 3 is 2.59 bits per heavy atom. The van der Waals surface area contributed by atoms with Gasteiger partial charge in [-0.2, -0.15) is 0 Å². The molecule has 0 aliphatic rings. The first-order chi connectivity index (χ1) is 12.9. The van der Waals surface area contributed by atoms with E-state index < -0.39 is 0 Å². The number of aliphatic imine (C=N–C) groups is 1. The molecule has 0 unspecified atom stereocenters. The van der Waals surface area contributed by atoms with E-state index in [1.54, 1.807) is 37.6 Å². The second-order valence-electron chi connectivity index (χ2n) is 6.12. The van der Waals surface area contributed by atoms with E-state index in [9.17, 15) is 4.79 Å². The minimum absolute atomic E-state index is 0.0342.